The van der Waals surface area contributed by atoms with E-state index < -0.39 is 11.5 Å². The van der Waals surface area contributed by atoms with Gasteiger partial charge in [0.15, 0.2) is 0 Å². The van der Waals surface area contributed by atoms with Gasteiger partial charge in [-0.1, -0.05) is 17.3 Å². The molecule has 36 heavy (non-hydrogen) atoms. The van der Waals surface area contributed by atoms with E-state index in [0.717, 1.165) is 29.8 Å². The average Bonchev–Trinajstić information content (AvgIpc) is 3.51. The van der Waals surface area contributed by atoms with E-state index in [1.807, 2.05) is 35.4 Å². The number of amides is 2. The van der Waals surface area contributed by atoms with Gasteiger partial charge in [0, 0.05) is 51.8 Å². The number of nitrogens with zero attached hydrogens (tertiary/aromatic N) is 4. The number of carbonyl (C=O) groups excluding carboxylic acids is 2. The fourth-order valence-corrected chi connectivity index (χ4v) is 5.32. The fraction of sp³-hybridized carbons (Fsp3) is 0.600. The van der Waals surface area contributed by atoms with Crippen molar-refractivity contribution in [3.05, 3.63) is 41.7 Å². The molecule has 4 aliphatic heterocycles. The second-order valence-electron chi connectivity index (χ2n) is 9.96. The van der Waals surface area contributed by atoms with E-state index in [2.05, 4.69) is 20.9 Å². The molecule has 1 spiro atoms. The molecule has 0 unspecified atom stereocenters. The molecule has 11 heteroatoms. The molecule has 3 N–H and O–H groups in total. The van der Waals surface area contributed by atoms with Gasteiger partial charge in [-0.3, -0.25) is 14.3 Å². The number of aliphatic hydroxyl groups excluding tert-OH is 1. The number of aromatic nitrogens is 3. The van der Waals surface area contributed by atoms with E-state index >= 15 is 0 Å². The first kappa shape index (κ1) is 26.4. The molecule has 2 amide bonds. The highest BCUT2D eigenvalue weighted by molar-refractivity contribution is 5.85. The summed E-state index contributed by atoms with van der Waals surface area (Å²) in [6.07, 6.45) is 5.04. The van der Waals surface area contributed by atoms with Crippen LogP contribution in [0.4, 0.5) is 0 Å². The number of benzene rings is 1. The molecule has 4 bridgehead atoms. The van der Waals surface area contributed by atoms with Crippen LogP contribution in [0, 0.1) is 5.41 Å². The van der Waals surface area contributed by atoms with Crippen LogP contribution in [0.25, 0.3) is 0 Å². The molecule has 2 fully saturated rings. The van der Waals surface area contributed by atoms with Crippen molar-refractivity contribution in [2.24, 2.45) is 5.41 Å². The Morgan fingerprint density at radius 3 is 2.67 bits per heavy atom. The van der Waals surface area contributed by atoms with Crippen LogP contribution in [0.3, 0.4) is 0 Å². The van der Waals surface area contributed by atoms with Crippen molar-refractivity contribution in [2.45, 2.75) is 57.2 Å². The molecule has 0 radical (unpaired) electrons. The van der Waals surface area contributed by atoms with Gasteiger partial charge in [0.2, 0.25) is 11.8 Å². The van der Waals surface area contributed by atoms with Crippen molar-refractivity contribution >= 4 is 24.2 Å². The quantitative estimate of drug-likeness (QED) is 0.508. The number of hydrogen-bond acceptors (Lipinski definition) is 7. The molecule has 0 aliphatic carbocycles. The summed E-state index contributed by atoms with van der Waals surface area (Å²) < 4.78 is 7.64. The highest BCUT2D eigenvalue weighted by atomic mass is 35.5. The molecule has 2 aromatic rings. The van der Waals surface area contributed by atoms with Crippen molar-refractivity contribution in [1.82, 2.24) is 30.5 Å². The first-order valence-electron chi connectivity index (χ1n) is 12.6. The van der Waals surface area contributed by atoms with Crippen molar-refractivity contribution in [3.8, 4) is 5.75 Å². The summed E-state index contributed by atoms with van der Waals surface area (Å²) in [6.45, 7) is 3.28. The van der Waals surface area contributed by atoms with Crippen LogP contribution in [-0.2, 0) is 29.0 Å². The Kier molecular flexibility index (Phi) is 8.48. The lowest BCUT2D eigenvalue weighted by atomic mass is 9.73. The number of aryl methyl sites for hydroxylation is 1. The minimum Gasteiger partial charge on any atom is -0.494 e. The van der Waals surface area contributed by atoms with Gasteiger partial charge in [0.05, 0.1) is 29.9 Å². The van der Waals surface area contributed by atoms with Crippen LogP contribution < -0.4 is 15.4 Å². The monoisotopic (exact) mass is 518 g/mol. The van der Waals surface area contributed by atoms with Crippen molar-refractivity contribution in [1.29, 1.82) is 0 Å². The van der Waals surface area contributed by atoms with Gasteiger partial charge in [0.1, 0.15) is 5.75 Å². The van der Waals surface area contributed by atoms with E-state index in [9.17, 15) is 14.7 Å². The summed E-state index contributed by atoms with van der Waals surface area (Å²) in [7, 11) is 0. The van der Waals surface area contributed by atoms with Crippen LogP contribution in [0.15, 0.2) is 30.5 Å². The molecule has 0 saturated carbocycles. The molecule has 10 nitrogen and oxygen atoms in total. The average molecular weight is 519 g/mol. The summed E-state index contributed by atoms with van der Waals surface area (Å²) in [5, 5.41) is 24.6. The van der Waals surface area contributed by atoms with E-state index in [-0.39, 0.29) is 30.3 Å². The van der Waals surface area contributed by atoms with Crippen LogP contribution in [0.1, 0.15) is 36.9 Å². The van der Waals surface area contributed by atoms with Gasteiger partial charge in [-0.25, -0.2) is 0 Å². The van der Waals surface area contributed by atoms with Crippen molar-refractivity contribution in [2.75, 3.05) is 32.8 Å². The number of fused-ring (bicyclic) bond motifs is 8. The predicted molar refractivity (Wildman–Crippen MR) is 135 cm³/mol. The van der Waals surface area contributed by atoms with E-state index in [1.54, 1.807) is 4.68 Å². The molecule has 1 aromatic carbocycles. The maximum absolute atomic E-state index is 13.6. The molecule has 5 heterocycles. The third kappa shape index (κ3) is 5.99. The lowest BCUT2D eigenvalue weighted by molar-refractivity contribution is -0.141. The lowest BCUT2D eigenvalue weighted by Crippen LogP contribution is -2.54. The molecule has 4 aliphatic rings. The fourth-order valence-electron chi connectivity index (χ4n) is 5.32. The number of rotatable bonds is 1. The van der Waals surface area contributed by atoms with Gasteiger partial charge in [0.25, 0.3) is 0 Å². The number of hydrogen-bond donors (Lipinski definition) is 3. The predicted octanol–water partition coefficient (Wildman–Crippen LogP) is 0.715. The van der Waals surface area contributed by atoms with Crippen LogP contribution in [0.2, 0.25) is 0 Å². The number of piperidine rings is 1. The van der Waals surface area contributed by atoms with Crippen molar-refractivity contribution in [3.63, 3.8) is 0 Å². The molecular weight excluding hydrogens is 484 g/mol. The van der Waals surface area contributed by atoms with Crippen LogP contribution in [0.5, 0.6) is 5.75 Å². The standard InChI is InChI=1S/C25H34N6O4.ClH/c32-20-14-22(27-16-20)23(33)30-11-7-25(8-12-30)15-19-17-31(29-28-19)10-1-13-35-21-4-2-18(3-5-21)6-9-26-24(25)34;/h2-5,17,20,22,27,32H,1,6-16H2,(H,26,34);1H/t20-,22+;/m1./s1. The van der Waals surface area contributed by atoms with Crippen LogP contribution >= 0.6 is 12.4 Å². The van der Waals surface area contributed by atoms with Gasteiger partial charge in [-0.05, 0) is 43.4 Å². The third-order valence-corrected chi connectivity index (χ3v) is 7.45. The third-order valence-electron chi connectivity index (χ3n) is 7.45. The number of β-amino-alcohol motifs (C(OH)–C–C–N with tert-alkyl or cyclic N) is 1. The first-order valence-corrected chi connectivity index (χ1v) is 12.6. The SMILES string of the molecule is Cl.O=C([C@@H]1C[C@@H](O)CN1)N1CCC2(CC1)Cc1cn(nn1)CCCOc1ccc(cc1)CCNC2=O. The lowest BCUT2D eigenvalue weighted by Gasteiger charge is -2.41. The Morgan fingerprint density at radius 2 is 1.94 bits per heavy atom. The Morgan fingerprint density at radius 1 is 1.17 bits per heavy atom. The summed E-state index contributed by atoms with van der Waals surface area (Å²) >= 11 is 0. The molecular formula is C25H35ClN6O4. The maximum Gasteiger partial charge on any atom is 0.239 e. The number of likely N-dealkylation sites (tertiary alicyclic amines) is 1. The Balaban J connectivity index is 0.00000304. The number of carbonyl (C=O) groups is 2. The minimum absolute atomic E-state index is 0. The maximum atomic E-state index is 13.6. The highest BCUT2D eigenvalue weighted by Gasteiger charge is 2.44. The second kappa shape index (κ2) is 11.6. The second-order valence-corrected chi connectivity index (χ2v) is 9.96. The first-order chi connectivity index (χ1) is 17.0. The molecule has 2 saturated heterocycles. The number of aliphatic hydroxyl groups is 1. The van der Waals surface area contributed by atoms with Crippen LogP contribution in [-0.4, -0.2) is 81.7 Å². The minimum atomic E-state index is -0.638. The molecule has 2 atom stereocenters. The van der Waals surface area contributed by atoms with Gasteiger partial charge >= 0.3 is 0 Å². The Bertz CT molecular complexity index is 1040. The molecule has 6 rings (SSSR count). The van der Waals surface area contributed by atoms with E-state index in [1.165, 1.54) is 0 Å². The normalized spacial score (nSPS) is 24.5. The summed E-state index contributed by atoms with van der Waals surface area (Å²) in [5.74, 6) is 0.861. The summed E-state index contributed by atoms with van der Waals surface area (Å²) in [6, 6.07) is 7.67. The summed E-state index contributed by atoms with van der Waals surface area (Å²) in [5.41, 5.74) is 1.29. The van der Waals surface area contributed by atoms with E-state index in [4.69, 9.17) is 4.74 Å². The number of halogens is 1. The van der Waals surface area contributed by atoms with Gasteiger partial charge in [-0.15, -0.1) is 17.5 Å². The smallest absolute Gasteiger partial charge is 0.239 e. The zero-order valence-corrected chi connectivity index (χ0v) is 21.2. The van der Waals surface area contributed by atoms with Gasteiger partial charge in [-0.2, -0.15) is 0 Å². The summed E-state index contributed by atoms with van der Waals surface area (Å²) in [4.78, 5) is 28.3. The zero-order chi connectivity index (χ0) is 24.3. The van der Waals surface area contributed by atoms with Gasteiger partial charge < -0.3 is 25.4 Å². The number of nitrogens with one attached hydrogen (secondary N) is 2. The van der Waals surface area contributed by atoms with E-state index in [0.29, 0.717) is 65.0 Å². The molecule has 196 valence electrons. The largest absolute Gasteiger partial charge is 0.494 e. The highest BCUT2D eigenvalue weighted by Crippen LogP contribution is 2.36. The Labute approximate surface area is 217 Å². The molecule has 1 aromatic heterocycles. The van der Waals surface area contributed by atoms with Crippen molar-refractivity contribution < 1.29 is 19.4 Å². The zero-order valence-electron chi connectivity index (χ0n) is 20.4. The number of ether oxygens (including phenoxy) is 1. The Hall–Kier alpha value is -2.69. The topological polar surface area (TPSA) is 122 Å².